The third kappa shape index (κ3) is 3.05. The maximum absolute atomic E-state index is 13.1. The molecule has 0 unspecified atom stereocenters. The second kappa shape index (κ2) is 5.10. The predicted octanol–water partition coefficient (Wildman–Crippen LogP) is 3.82. The van der Waals surface area contributed by atoms with Gasteiger partial charge in [0.2, 0.25) is 9.84 Å². The molecule has 0 heterocycles. The van der Waals surface area contributed by atoms with Gasteiger partial charge in [-0.3, -0.25) is 0 Å². The van der Waals surface area contributed by atoms with Gasteiger partial charge in [0.05, 0.1) is 15.4 Å². The highest BCUT2D eigenvalue weighted by atomic mass is 32.2. The first-order valence-electron chi connectivity index (χ1n) is 5.50. The van der Waals surface area contributed by atoms with Crippen molar-refractivity contribution in [2.75, 3.05) is 0 Å². The highest BCUT2D eigenvalue weighted by Gasteiger charge is 2.32. The van der Waals surface area contributed by atoms with Crippen molar-refractivity contribution in [3.05, 3.63) is 59.7 Å². The van der Waals surface area contributed by atoms with Crippen LogP contribution in [0.1, 0.15) is 5.56 Å². The summed E-state index contributed by atoms with van der Waals surface area (Å²) in [5.41, 5.74) is -1.15. The van der Waals surface area contributed by atoms with E-state index in [-0.39, 0.29) is 0 Å². The second-order valence-corrected chi connectivity index (χ2v) is 6.05. The van der Waals surface area contributed by atoms with Crippen LogP contribution in [0.5, 0.6) is 0 Å². The Kier molecular flexibility index (Phi) is 3.75. The van der Waals surface area contributed by atoms with Crippen molar-refractivity contribution in [2.45, 2.75) is 16.0 Å². The molecule has 0 atom stereocenters. The third-order valence-corrected chi connectivity index (χ3v) is 4.42. The van der Waals surface area contributed by atoms with Gasteiger partial charge in [-0.1, -0.05) is 6.07 Å². The molecule has 2 rings (SSSR count). The lowest BCUT2D eigenvalue weighted by Gasteiger charge is -2.09. The van der Waals surface area contributed by atoms with E-state index in [4.69, 9.17) is 0 Å². The molecular formula is C13H7F5O2S. The standard InChI is InChI=1S/C13H7F5O2S/c14-11-5-4-10(7-12(11)15)21(19,20)9-3-1-2-8(6-9)13(16,17)18/h1-7H. The Morgan fingerprint density at radius 3 is 2.00 bits per heavy atom. The Labute approximate surface area is 116 Å². The van der Waals surface area contributed by atoms with E-state index in [0.717, 1.165) is 18.2 Å². The van der Waals surface area contributed by atoms with E-state index < -0.39 is 43.0 Å². The predicted molar refractivity (Wildman–Crippen MR) is 63.3 cm³/mol. The molecule has 0 amide bonds. The van der Waals surface area contributed by atoms with Gasteiger partial charge in [0, 0.05) is 0 Å². The van der Waals surface area contributed by atoms with E-state index in [1.54, 1.807) is 0 Å². The molecule has 0 fully saturated rings. The Balaban J connectivity index is 2.56. The Hall–Kier alpha value is -1.96. The van der Waals surface area contributed by atoms with Crippen molar-refractivity contribution in [3.8, 4) is 0 Å². The Bertz CT molecular complexity index is 781. The summed E-state index contributed by atoms with van der Waals surface area (Å²) in [5.74, 6) is -2.65. The summed E-state index contributed by atoms with van der Waals surface area (Å²) in [5, 5.41) is 0. The van der Waals surface area contributed by atoms with Gasteiger partial charge in [0.15, 0.2) is 11.6 Å². The minimum atomic E-state index is -4.71. The molecule has 0 bridgehead atoms. The zero-order valence-corrected chi connectivity index (χ0v) is 11.0. The SMILES string of the molecule is O=S(=O)(c1cccc(C(F)(F)F)c1)c1ccc(F)c(F)c1. The molecule has 2 nitrogen and oxygen atoms in total. The molecule has 8 heteroatoms. The average molecular weight is 322 g/mol. The van der Waals surface area contributed by atoms with Gasteiger partial charge in [-0.05, 0) is 36.4 Å². The van der Waals surface area contributed by atoms with Gasteiger partial charge in [-0.15, -0.1) is 0 Å². The monoisotopic (exact) mass is 322 g/mol. The van der Waals surface area contributed by atoms with Gasteiger partial charge in [-0.2, -0.15) is 13.2 Å². The van der Waals surface area contributed by atoms with Crippen LogP contribution in [0.2, 0.25) is 0 Å². The zero-order chi connectivity index (χ0) is 15.8. The van der Waals surface area contributed by atoms with Gasteiger partial charge < -0.3 is 0 Å². The lowest BCUT2D eigenvalue weighted by atomic mass is 10.2. The zero-order valence-electron chi connectivity index (χ0n) is 10.2. The van der Waals surface area contributed by atoms with E-state index in [1.807, 2.05) is 0 Å². The third-order valence-electron chi connectivity index (χ3n) is 2.67. The molecule has 0 saturated heterocycles. The van der Waals surface area contributed by atoms with Gasteiger partial charge in [0.25, 0.3) is 0 Å². The minimum Gasteiger partial charge on any atom is -0.219 e. The van der Waals surface area contributed by atoms with Gasteiger partial charge in [-0.25, -0.2) is 17.2 Å². The molecule has 0 N–H and O–H groups in total. The molecule has 112 valence electrons. The molecule has 0 radical (unpaired) electrons. The fourth-order valence-electron chi connectivity index (χ4n) is 1.62. The molecule has 0 aromatic heterocycles. The van der Waals surface area contributed by atoms with Crippen LogP contribution in [0.3, 0.4) is 0 Å². The van der Waals surface area contributed by atoms with E-state index in [1.165, 1.54) is 0 Å². The maximum atomic E-state index is 13.1. The van der Waals surface area contributed by atoms with Crippen molar-refractivity contribution in [3.63, 3.8) is 0 Å². The van der Waals surface area contributed by atoms with Crippen LogP contribution in [0.4, 0.5) is 22.0 Å². The number of alkyl halides is 3. The number of sulfone groups is 1. The normalized spacial score (nSPS) is 12.4. The summed E-state index contributed by atoms with van der Waals surface area (Å²) in [6.07, 6.45) is -4.71. The summed E-state index contributed by atoms with van der Waals surface area (Å²) in [7, 11) is -4.37. The molecule has 0 aliphatic rings. The van der Waals surface area contributed by atoms with E-state index in [9.17, 15) is 30.4 Å². The summed E-state index contributed by atoms with van der Waals surface area (Å²) in [6.45, 7) is 0. The first-order chi connectivity index (χ1) is 9.62. The smallest absolute Gasteiger partial charge is 0.219 e. The Morgan fingerprint density at radius 2 is 1.43 bits per heavy atom. The van der Waals surface area contributed by atoms with Crippen LogP contribution in [-0.4, -0.2) is 8.42 Å². The van der Waals surface area contributed by atoms with E-state index in [2.05, 4.69) is 0 Å². The lowest BCUT2D eigenvalue weighted by Crippen LogP contribution is -2.08. The van der Waals surface area contributed by atoms with Crippen LogP contribution < -0.4 is 0 Å². The average Bonchev–Trinajstić information content (AvgIpc) is 2.41. The molecular weight excluding hydrogens is 315 g/mol. The fourth-order valence-corrected chi connectivity index (χ4v) is 2.94. The fraction of sp³-hybridized carbons (Fsp3) is 0.0769. The number of benzene rings is 2. The van der Waals surface area contributed by atoms with Gasteiger partial charge >= 0.3 is 6.18 Å². The molecule has 21 heavy (non-hydrogen) atoms. The second-order valence-electron chi connectivity index (χ2n) is 4.10. The van der Waals surface area contributed by atoms with E-state index in [0.29, 0.717) is 24.3 Å². The van der Waals surface area contributed by atoms with Crippen molar-refractivity contribution >= 4 is 9.84 Å². The summed E-state index contributed by atoms with van der Waals surface area (Å²) in [6, 6.07) is 4.83. The van der Waals surface area contributed by atoms with Crippen molar-refractivity contribution < 1.29 is 30.4 Å². The first kappa shape index (κ1) is 15.4. The number of hydrogen-bond donors (Lipinski definition) is 0. The minimum absolute atomic E-state index is 0.422. The maximum Gasteiger partial charge on any atom is 0.416 e. The number of hydrogen-bond acceptors (Lipinski definition) is 2. The van der Waals surface area contributed by atoms with Crippen molar-refractivity contribution in [2.24, 2.45) is 0 Å². The van der Waals surface area contributed by atoms with E-state index >= 15 is 0 Å². The Morgan fingerprint density at radius 1 is 0.810 bits per heavy atom. The first-order valence-corrected chi connectivity index (χ1v) is 6.98. The molecule has 2 aromatic carbocycles. The highest BCUT2D eigenvalue weighted by Crippen LogP contribution is 2.32. The summed E-state index contributed by atoms with van der Waals surface area (Å²) < 4.78 is 87.8. The highest BCUT2D eigenvalue weighted by molar-refractivity contribution is 7.91. The van der Waals surface area contributed by atoms with Crippen LogP contribution in [0, 0.1) is 11.6 Å². The number of rotatable bonds is 2. The molecule has 0 spiro atoms. The van der Waals surface area contributed by atoms with Gasteiger partial charge in [0.1, 0.15) is 0 Å². The van der Waals surface area contributed by atoms with Crippen molar-refractivity contribution in [1.82, 2.24) is 0 Å². The molecule has 2 aromatic rings. The van der Waals surface area contributed by atoms with Crippen LogP contribution in [0.25, 0.3) is 0 Å². The molecule has 0 aliphatic carbocycles. The quantitative estimate of drug-likeness (QED) is 0.622. The van der Waals surface area contributed by atoms with Crippen LogP contribution in [-0.2, 0) is 16.0 Å². The topological polar surface area (TPSA) is 34.1 Å². The summed E-state index contributed by atoms with van der Waals surface area (Å²) in [4.78, 5) is -1.27. The lowest BCUT2D eigenvalue weighted by molar-refractivity contribution is -0.137. The molecule has 0 saturated carbocycles. The largest absolute Gasteiger partial charge is 0.416 e. The number of halogens is 5. The van der Waals surface area contributed by atoms with Crippen LogP contribution in [0.15, 0.2) is 52.3 Å². The molecule has 0 aliphatic heterocycles. The van der Waals surface area contributed by atoms with Crippen molar-refractivity contribution in [1.29, 1.82) is 0 Å². The van der Waals surface area contributed by atoms with Crippen LogP contribution >= 0.6 is 0 Å². The summed E-state index contributed by atoms with van der Waals surface area (Å²) >= 11 is 0.